The minimum absolute atomic E-state index is 0.218. The molecule has 1 aliphatic rings. The summed E-state index contributed by atoms with van der Waals surface area (Å²) < 4.78 is 6.85. The summed E-state index contributed by atoms with van der Waals surface area (Å²) in [5, 5.41) is 8.55. The molecule has 0 spiro atoms. The molecule has 1 saturated heterocycles. The first-order chi connectivity index (χ1) is 14.7. The Balaban J connectivity index is 1.69. The lowest BCUT2D eigenvalue weighted by Gasteiger charge is -2.31. The standard InChI is InChI=1S/C23H24N4O3/c1-2-30-23(29)18-12-9-15-26(16-18)22(28)20-21(17-10-5-3-6-11-17)27(25-24-20)19-13-7-4-8-14-19/h3-8,10-11,13-14,18H,2,9,12,15-16H2,1H3. The van der Waals surface area contributed by atoms with Crippen LogP contribution in [0.5, 0.6) is 0 Å². The highest BCUT2D eigenvalue weighted by Gasteiger charge is 2.33. The maximum Gasteiger partial charge on any atom is 0.310 e. The molecule has 1 atom stereocenters. The van der Waals surface area contributed by atoms with E-state index in [-0.39, 0.29) is 23.5 Å². The summed E-state index contributed by atoms with van der Waals surface area (Å²) in [6.07, 6.45) is 1.48. The number of ether oxygens (including phenoxy) is 1. The van der Waals surface area contributed by atoms with Gasteiger partial charge in [-0.2, -0.15) is 0 Å². The van der Waals surface area contributed by atoms with Crippen molar-refractivity contribution in [2.24, 2.45) is 5.92 Å². The topological polar surface area (TPSA) is 77.3 Å². The number of piperidine rings is 1. The second kappa shape index (κ2) is 8.90. The fourth-order valence-electron chi connectivity index (χ4n) is 3.79. The van der Waals surface area contributed by atoms with E-state index in [9.17, 15) is 9.59 Å². The van der Waals surface area contributed by atoms with Crippen LogP contribution in [0.4, 0.5) is 0 Å². The number of carbonyl (C=O) groups excluding carboxylic acids is 2. The van der Waals surface area contributed by atoms with Gasteiger partial charge >= 0.3 is 5.97 Å². The molecule has 154 valence electrons. The number of benzene rings is 2. The van der Waals surface area contributed by atoms with E-state index in [1.165, 1.54) is 0 Å². The van der Waals surface area contributed by atoms with Crippen LogP contribution < -0.4 is 0 Å². The van der Waals surface area contributed by atoms with Crippen molar-refractivity contribution in [3.8, 4) is 16.9 Å². The molecule has 0 N–H and O–H groups in total. The van der Waals surface area contributed by atoms with Crippen LogP contribution in [0.1, 0.15) is 30.3 Å². The van der Waals surface area contributed by atoms with Crippen molar-refractivity contribution in [1.29, 1.82) is 0 Å². The van der Waals surface area contributed by atoms with Crippen molar-refractivity contribution < 1.29 is 14.3 Å². The highest BCUT2D eigenvalue weighted by atomic mass is 16.5. The van der Waals surface area contributed by atoms with E-state index in [0.717, 1.165) is 24.1 Å². The van der Waals surface area contributed by atoms with E-state index in [1.54, 1.807) is 16.5 Å². The Morgan fingerprint density at radius 1 is 1.07 bits per heavy atom. The van der Waals surface area contributed by atoms with Gasteiger partial charge in [0, 0.05) is 18.7 Å². The fraction of sp³-hybridized carbons (Fsp3) is 0.304. The SMILES string of the molecule is CCOC(=O)C1CCCN(C(=O)c2nnn(-c3ccccc3)c2-c2ccccc2)C1. The monoisotopic (exact) mass is 404 g/mol. The van der Waals surface area contributed by atoms with Crippen LogP contribution in [0.25, 0.3) is 16.9 Å². The molecule has 0 bridgehead atoms. The van der Waals surface area contributed by atoms with Gasteiger partial charge in [-0.05, 0) is 31.9 Å². The first kappa shape index (κ1) is 19.8. The smallest absolute Gasteiger partial charge is 0.310 e. The summed E-state index contributed by atoms with van der Waals surface area (Å²) in [6, 6.07) is 19.3. The van der Waals surface area contributed by atoms with E-state index in [4.69, 9.17) is 4.74 Å². The molecule has 30 heavy (non-hydrogen) atoms. The Morgan fingerprint density at radius 3 is 2.47 bits per heavy atom. The lowest BCUT2D eigenvalue weighted by atomic mass is 9.97. The van der Waals surface area contributed by atoms with Crippen LogP contribution in [0.15, 0.2) is 60.7 Å². The van der Waals surface area contributed by atoms with E-state index in [2.05, 4.69) is 10.3 Å². The molecule has 0 saturated carbocycles. The zero-order chi connectivity index (χ0) is 20.9. The van der Waals surface area contributed by atoms with Crippen LogP contribution in [0, 0.1) is 5.92 Å². The van der Waals surface area contributed by atoms with E-state index in [0.29, 0.717) is 25.4 Å². The molecule has 1 amide bonds. The number of aromatic nitrogens is 3. The molecular weight excluding hydrogens is 380 g/mol. The molecule has 0 aliphatic carbocycles. The van der Waals surface area contributed by atoms with Gasteiger partial charge < -0.3 is 9.64 Å². The number of amides is 1. The summed E-state index contributed by atoms with van der Waals surface area (Å²) in [6.45, 7) is 3.05. The van der Waals surface area contributed by atoms with Gasteiger partial charge in [-0.15, -0.1) is 5.10 Å². The summed E-state index contributed by atoms with van der Waals surface area (Å²) in [4.78, 5) is 27.3. The fourth-order valence-corrected chi connectivity index (χ4v) is 3.79. The number of rotatable bonds is 5. The summed E-state index contributed by atoms with van der Waals surface area (Å²) >= 11 is 0. The Kier molecular flexibility index (Phi) is 5.88. The van der Waals surface area contributed by atoms with Crippen molar-refractivity contribution in [2.75, 3.05) is 19.7 Å². The predicted molar refractivity (Wildman–Crippen MR) is 112 cm³/mol. The first-order valence-corrected chi connectivity index (χ1v) is 10.2. The Bertz CT molecular complexity index is 1020. The summed E-state index contributed by atoms with van der Waals surface area (Å²) in [5.41, 5.74) is 2.61. The minimum atomic E-state index is -0.299. The van der Waals surface area contributed by atoms with Crippen LogP contribution in [-0.4, -0.2) is 51.5 Å². The highest BCUT2D eigenvalue weighted by molar-refractivity contribution is 5.98. The number of carbonyl (C=O) groups is 2. The Morgan fingerprint density at radius 2 is 1.77 bits per heavy atom. The van der Waals surface area contributed by atoms with Gasteiger partial charge in [0.25, 0.3) is 5.91 Å². The highest BCUT2D eigenvalue weighted by Crippen LogP contribution is 2.27. The minimum Gasteiger partial charge on any atom is -0.466 e. The molecule has 1 fully saturated rings. The number of para-hydroxylation sites is 1. The third kappa shape index (κ3) is 3.96. The van der Waals surface area contributed by atoms with Gasteiger partial charge in [-0.25, -0.2) is 4.68 Å². The van der Waals surface area contributed by atoms with E-state index in [1.807, 2.05) is 60.7 Å². The molecule has 7 heteroatoms. The number of likely N-dealkylation sites (tertiary alicyclic amines) is 1. The zero-order valence-electron chi connectivity index (χ0n) is 16.9. The molecular formula is C23H24N4O3. The molecule has 0 radical (unpaired) electrons. The van der Waals surface area contributed by atoms with Crippen LogP contribution in [-0.2, 0) is 9.53 Å². The second-order valence-electron chi connectivity index (χ2n) is 7.24. The van der Waals surface area contributed by atoms with Gasteiger partial charge in [-0.1, -0.05) is 53.7 Å². The van der Waals surface area contributed by atoms with Crippen molar-refractivity contribution in [2.45, 2.75) is 19.8 Å². The van der Waals surface area contributed by atoms with Crippen molar-refractivity contribution in [3.63, 3.8) is 0 Å². The number of esters is 1. The van der Waals surface area contributed by atoms with Crippen LogP contribution >= 0.6 is 0 Å². The van der Waals surface area contributed by atoms with Crippen LogP contribution in [0.2, 0.25) is 0 Å². The number of hydrogen-bond donors (Lipinski definition) is 0. The molecule has 1 unspecified atom stereocenters. The van der Waals surface area contributed by atoms with Crippen molar-refractivity contribution >= 4 is 11.9 Å². The first-order valence-electron chi connectivity index (χ1n) is 10.2. The maximum absolute atomic E-state index is 13.4. The van der Waals surface area contributed by atoms with E-state index < -0.39 is 0 Å². The second-order valence-corrected chi connectivity index (χ2v) is 7.24. The molecule has 2 aromatic carbocycles. The third-order valence-corrected chi connectivity index (χ3v) is 5.25. The summed E-state index contributed by atoms with van der Waals surface area (Å²) in [5.74, 6) is -0.761. The van der Waals surface area contributed by atoms with Crippen molar-refractivity contribution in [1.82, 2.24) is 19.9 Å². The van der Waals surface area contributed by atoms with Gasteiger partial charge in [0.2, 0.25) is 0 Å². The van der Waals surface area contributed by atoms with Crippen molar-refractivity contribution in [3.05, 3.63) is 66.4 Å². The lowest BCUT2D eigenvalue weighted by molar-refractivity contribution is -0.149. The average molecular weight is 404 g/mol. The third-order valence-electron chi connectivity index (χ3n) is 5.25. The van der Waals surface area contributed by atoms with Gasteiger partial charge in [0.15, 0.2) is 5.69 Å². The van der Waals surface area contributed by atoms with Gasteiger partial charge in [-0.3, -0.25) is 9.59 Å². The van der Waals surface area contributed by atoms with Crippen LogP contribution in [0.3, 0.4) is 0 Å². The summed E-state index contributed by atoms with van der Waals surface area (Å²) in [7, 11) is 0. The average Bonchev–Trinajstić information content (AvgIpc) is 3.25. The predicted octanol–water partition coefficient (Wildman–Crippen LogP) is 3.35. The molecule has 1 aromatic heterocycles. The Labute approximate surface area is 175 Å². The molecule has 1 aliphatic heterocycles. The quantitative estimate of drug-likeness (QED) is 0.610. The maximum atomic E-state index is 13.4. The van der Waals surface area contributed by atoms with E-state index >= 15 is 0 Å². The number of nitrogens with zero attached hydrogens (tertiary/aromatic N) is 4. The lowest BCUT2D eigenvalue weighted by Crippen LogP contribution is -2.43. The molecule has 7 nitrogen and oxygen atoms in total. The molecule has 3 aromatic rings. The zero-order valence-corrected chi connectivity index (χ0v) is 16.9. The molecule has 2 heterocycles. The van der Waals surface area contributed by atoms with Gasteiger partial charge in [0.05, 0.1) is 18.2 Å². The van der Waals surface area contributed by atoms with Gasteiger partial charge in [0.1, 0.15) is 5.69 Å². The number of hydrogen-bond acceptors (Lipinski definition) is 5. The Hall–Kier alpha value is -3.48. The molecule has 4 rings (SSSR count). The normalized spacial score (nSPS) is 16.3. The largest absolute Gasteiger partial charge is 0.466 e.